The lowest BCUT2D eigenvalue weighted by Gasteiger charge is -2.14. The minimum absolute atomic E-state index is 0.135. The van der Waals surface area contributed by atoms with E-state index in [0.717, 1.165) is 17.8 Å². The third kappa shape index (κ3) is 3.90. The number of hydrogen-bond donors (Lipinski definition) is 2. The van der Waals surface area contributed by atoms with Crippen LogP contribution in [0.4, 0.5) is 11.4 Å². The third-order valence-electron chi connectivity index (χ3n) is 4.36. The second kappa shape index (κ2) is 6.84. The Morgan fingerprint density at radius 2 is 1.83 bits per heavy atom. The van der Waals surface area contributed by atoms with Gasteiger partial charge in [-0.2, -0.15) is 0 Å². The fourth-order valence-corrected chi connectivity index (χ4v) is 2.88. The fourth-order valence-electron chi connectivity index (χ4n) is 2.88. The zero-order chi connectivity index (χ0) is 16.2. The first kappa shape index (κ1) is 15.6. The van der Waals surface area contributed by atoms with E-state index in [4.69, 9.17) is 5.73 Å². The molecule has 2 aromatic carbocycles. The lowest BCUT2D eigenvalue weighted by Crippen LogP contribution is -2.18. The summed E-state index contributed by atoms with van der Waals surface area (Å²) < 4.78 is 0. The van der Waals surface area contributed by atoms with E-state index in [0.29, 0.717) is 11.3 Å². The molecular weight excluding hydrogens is 286 g/mol. The Morgan fingerprint density at radius 3 is 2.48 bits per heavy atom. The second-order valence-corrected chi connectivity index (χ2v) is 6.21. The van der Waals surface area contributed by atoms with Crippen LogP contribution in [-0.2, 0) is 6.54 Å². The molecule has 0 spiro atoms. The van der Waals surface area contributed by atoms with Crippen molar-refractivity contribution in [2.45, 2.75) is 26.3 Å². The summed E-state index contributed by atoms with van der Waals surface area (Å²) in [7, 11) is 0. The maximum absolute atomic E-state index is 12.3. The molecule has 0 aliphatic carbocycles. The van der Waals surface area contributed by atoms with Crippen molar-refractivity contribution >= 4 is 17.3 Å². The molecule has 3 N–H and O–H groups in total. The molecule has 1 aliphatic rings. The third-order valence-corrected chi connectivity index (χ3v) is 4.36. The number of nitrogens with one attached hydrogen (secondary N) is 1. The molecule has 1 heterocycles. The topological polar surface area (TPSA) is 58.4 Å². The lowest BCUT2D eigenvalue weighted by atomic mass is 10.1. The molecule has 23 heavy (non-hydrogen) atoms. The molecule has 0 atom stereocenters. The molecule has 1 fully saturated rings. The highest BCUT2D eigenvalue weighted by Gasteiger charge is 2.12. The van der Waals surface area contributed by atoms with E-state index in [-0.39, 0.29) is 5.91 Å². The molecule has 0 radical (unpaired) electrons. The Balaban J connectivity index is 1.62. The quantitative estimate of drug-likeness (QED) is 0.851. The molecule has 2 aromatic rings. The molecule has 0 unspecified atom stereocenters. The molecular formula is C19H23N3O. The molecule has 1 aliphatic heterocycles. The molecule has 4 nitrogen and oxygen atoms in total. The van der Waals surface area contributed by atoms with E-state index in [2.05, 4.69) is 22.3 Å². The summed E-state index contributed by atoms with van der Waals surface area (Å²) in [4.78, 5) is 14.7. The van der Waals surface area contributed by atoms with Crippen LogP contribution in [0.1, 0.15) is 34.3 Å². The summed E-state index contributed by atoms with van der Waals surface area (Å²) in [5, 5.41) is 2.92. The van der Waals surface area contributed by atoms with Crippen molar-refractivity contribution in [1.82, 2.24) is 4.90 Å². The summed E-state index contributed by atoms with van der Waals surface area (Å²) in [6, 6.07) is 13.5. The van der Waals surface area contributed by atoms with Gasteiger partial charge in [-0.15, -0.1) is 0 Å². The van der Waals surface area contributed by atoms with Crippen LogP contribution in [0.25, 0.3) is 0 Å². The number of nitrogens with zero attached hydrogens (tertiary/aromatic N) is 1. The first-order valence-electron chi connectivity index (χ1n) is 8.10. The van der Waals surface area contributed by atoms with Gasteiger partial charge in [-0.25, -0.2) is 0 Å². The molecule has 0 saturated carbocycles. The zero-order valence-corrected chi connectivity index (χ0v) is 13.5. The van der Waals surface area contributed by atoms with Crippen LogP contribution in [0.5, 0.6) is 0 Å². The highest BCUT2D eigenvalue weighted by molar-refractivity contribution is 6.04. The van der Waals surface area contributed by atoms with Crippen molar-refractivity contribution in [2.75, 3.05) is 24.1 Å². The highest BCUT2D eigenvalue weighted by atomic mass is 16.1. The van der Waals surface area contributed by atoms with E-state index < -0.39 is 0 Å². The van der Waals surface area contributed by atoms with Gasteiger partial charge in [-0.05, 0) is 68.2 Å². The van der Waals surface area contributed by atoms with Crippen molar-refractivity contribution in [2.24, 2.45) is 0 Å². The van der Waals surface area contributed by atoms with Crippen LogP contribution in [0.3, 0.4) is 0 Å². The predicted molar refractivity (Wildman–Crippen MR) is 94.5 cm³/mol. The second-order valence-electron chi connectivity index (χ2n) is 6.21. The Bertz CT molecular complexity index is 688. The smallest absolute Gasteiger partial charge is 0.255 e. The van der Waals surface area contributed by atoms with Crippen LogP contribution in [0, 0.1) is 6.92 Å². The van der Waals surface area contributed by atoms with Gasteiger partial charge in [-0.1, -0.05) is 18.2 Å². The minimum atomic E-state index is -0.135. The molecule has 1 amide bonds. The Morgan fingerprint density at radius 1 is 1.13 bits per heavy atom. The number of carbonyl (C=O) groups is 1. The van der Waals surface area contributed by atoms with Crippen molar-refractivity contribution in [1.29, 1.82) is 0 Å². The van der Waals surface area contributed by atoms with Crippen molar-refractivity contribution in [3.05, 3.63) is 59.2 Å². The van der Waals surface area contributed by atoms with Gasteiger partial charge in [0.15, 0.2) is 0 Å². The summed E-state index contributed by atoms with van der Waals surface area (Å²) in [5.74, 6) is -0.135. The van der Waals surface area contributed by atoms with Gasteiger partial charge in [0, 0.05) is 23.5 Å². The number of benzene rings is 2. The predicted octanol–water partition coefficient (Wildman–Crippen LogP) is 3.43. The summed E-state index contributed by atoms with van der Waals surface area (Å²) >= 11 is 0. The van der Waals surface area contributed by atoms with Gasteiger partial charge in [-0.3, -0.25) is 9.69 Å². The average molecular weight is 309 g/mol. The highest BCUT2D eigenvalue weighted by Crippen LogP contribution is 2.17. The van der Waals surface area contributed by atoms with Gasteiger partial charge in [0.1, 0.15) is 0 Å². The van der Waals surface area contributed by atoms with Gasteiger partial charge >= 0.3 is 0 Å². The number of likely N-dealkylation sites (tertiary alicyclic amines) is 1. The van der Waals surface area contributed by atoms with E-state index in [1.165, 1.54) is 31.5 Å². The number of nitrogens with two attached hydrogens (primary N) is 1. The van der Waals surface area contributed by atoms with Crippen LogP contribution < -0.4 is 11.1 Å². The number of carbonyl (C=O) groups excluding carboxylic acids is 1. The number of aryl methyl sites for hydroxylation is 1. The fraction of sp³-hybridized carbons (Fsp3) is 0.316. The van der Waals surface area contributed by atoms with Crippen LogP contribution >= 0.6 is 0 Å². The van der Waals surface area contributed by atoms with E-state index in [1.807, 2.05) is 25.1 Å². The first-order valence-corrected chi connectivity index (χ1v) is 8.10. The number of anilines is 2. The maximum atomic E-state index is 12.3. The lowest BCUT2D eigenvalue weighted by molar-refractivity contribution is 0.102. The summed E-state index contributed by atoms with van der Waals surface area (Å²) in [6.07, 6.45) is 2.60. The van der Waals surface area contributed by atoms with Gasteiger partial charge < -0.3 is 11.1 Å². The van der Waals surface area contributed by atoms with Gasteiger partial charge in [0.25, 0.3) is 5.91 Å². The molecule has 3 rings (SSSR count). The molecule has 1 saturated heterocycles. The molecule has 0 aromatic heterocycles. The van der Waals surface area contributed by atoms with Gasteiger partial charge in [0.2, 0.25) is 0 Å². The maximum Gasteiger partial charge on any atom is 0.255 e. The number of nitrogen functional groups attached to an aromatic ring is 1. The molecule has 120 valence electrons. The zero-order valence-electron chi connectivity index (χ0n) is 13.5. The van der Waals surface area contributed by atoms with Crippen LogP contribution in [0.2, 0.25) is 0 Å². The summed E-state index contributed by atoms with van der Waals surface area (Å²) in [6.45, 7) is 5.29. The Kier molecular flexibility index (Phi) is 4.63. The average Bonchev–Trinajstić information content (AvgIpc) is 3.05. The van der Waals surface area contributed by atoms with Crippen molar-refractivity contribution in [3.8, 4) is 0 Å². The van der Waals surface area contributed by atoms with Crippen LogP contribution in [-0.4, -0.2) is 23.9 Å². The largest absolute Gasteiger partial charge is 0.398 e. The SMILES string of the molecule is Cc1ccc(C(=O)Nc2ccc(CN3CCCC3)cc2)cc1N. The molecule has 4 heteroatoms. The van der Waals surface area contributed by atoms with Crippen molar-refractivity contribution < 1.29 is 4.79 Å². The first-order chi connectivity index (χ1) is 11.1. The Labute approximate surface area is 137 Å². The van der Waals surface area contributed by atoms with Gasteiger partial charge in [0.05, 0.1) is 0 Å². The van der Waals surface area contributed by atoms with E-state index in [9.17, 15) is 4.79 Å². The number of amides is 1. The summed E-state index contributed by atoms with van der Waals surface area (Å²) in [5.41, 5.74) is 10.1. The standard InChI is InChI=1S/C19H23N3O/c1-14-4-7-16(12-18(14)20)19(23)21-17-8-5-15(6-9-17)13-22-10-2-3-11-22/h4-9,12H,2-3,10-11,13,20H2,1H3,(H,21,23). The Hall–Kier alpha value is -2.33. The normalized spacial score (nSPS) is 14.8. The van der Waals surface area contributed by atoms with Crippen LogP contribution in [0.15, 0.2) is 42.5 Å². The van der Waals surface area contributed by atoms with E-state index in [1.54, 1.807) is 12.1 Å². The number of rotatable bonds is 4. The van der Waals surface area contributed by atoms with E-state index >= 15 is 0 Å². The minimum Gasteiger partial charge on any atom is -0.398 e. The number of hydrogen-bond acceptors (Lipinski definition) is 3. The monoisotopic (exact) mass is 309 g/mol. The van der Waals surface area contributed by atoms with Crippen molar-refractivity contribution in [3.63, 3.8) is 0 Å². The molecule has 0 bridgehead atoms.